The Balaban J connectivity index is 3.11. The van der Waals surface area contributed by atoms with E-state index < -0.39 is 24.3 Å². The van der Waals surface area contributed by atoms with Gasteiger partial charge in [-0.25, -0.2) is 4.98 Å². The number of hydrogen-bond acceptors (Lipinski definition) is 3. The maximum absolute atomic E-state index is 12.2. The summed E-state index contributed by atoms with van der Waals surface area (Å²) in [6.45, 7) is 0. The Labute approximate surface area is 82.5 Å². The van der Waals surface area contributed by atoms with Crippen molar-refractivity contribution in [2.24, 2.45) is 0 Å². The van der Waals surface area contributed by atoms with E-state index in [-0.39, 0.29) is 11.3 Å². The molecule has 0 aromatic carbocycles. The number of nitrogens with two attached hydrogens (primary N) is 1. The zero-order valence-corrected chi connectivity index (χ0v) is 7.38. The van der Waals surface area contributed by atoms with E-state index in [0.29, 0.717) is 6.07 Å². The summed E-state index contributed by atoms with van der Waals surface area (Å²) in [4.78, 5) is 13.4. The minimum absolute atomic E-state index is 0.0644. The molecule has 0 saturated carbocycles. The van der Waals surface area contributed by atoms with Crippen molar-refractivity contribution in [1.29, 1.82) is 0 Å². The summed E-state index contributed by atoms with van der Waals surface area (Å²) >= 11 is 0. The van der Waals surface area contributed by atoms with Gasteiger partial charge < -0.3 is 10.8 Å². The van der Waals surface area contributed by atoms with Crippen molar-refractivity contribution < 1.29 is 23.1 Å². The first-order valence-corrected chi connectivity index (χ1v) is 3.84. The van der Waals surface area contributed by atoms with Crippen LogP contribution < -0.4 is 5.73 Å². The number of alkyl halides is 3. The van der Waals surface area contributed by atoms with Crippen LogP contribution in [-0.2, 0) is 17.4 Å². The third-order valence-corrected chi connectivity index (χ3v) is 1.66. The minimum atomic E-state index is -4.60. The fourth-order valence-corrected chi connectivity index (χ4v) is 0.979. The second-order valence-electron chi connectivity index (χ2n) is 2.84. The molecule has 1 aromatic heterocycles. The highest BCUT2D eigenvalue weighted by Crippen LogP contribution is 2.29. The maximum atomic E-state index is 12.2. The average Bonchev–Trinajstić information content (AvgIpc) is 2.06. The smallest absolute Gasteiger partial charge is 0.433 e. The number of hydrogen-bond donors (Lipinski definition) is 2. The first-order chi connectivity index (χ1) is 6.80. The van der Waals surface area contributed by atoms with E-state index in [1.165, 1.54) is 0 Å². The first-order valence-electron chi connectivity index (χ1n) is 3.84. The molecule has 4 nitrogen and oxygen atoms in total. The van der Waals surface area contributed by atoms with Gasteiger partial charge in [-0.05, 0) is 11.6 Å². The standard InChI is InChI=1S/C8H7F3N2O2/c9-8(10,11)6-1-4(2-7(14)15)5(12)3-13-6/h1,3H,2,12H2,(H,14,15). The fourth-order valence-electron chi connectivity index (χ4n) is 0.979. The van der Waals surface area contributed by atoms with Gasteiger partial charge in [0.2, 0.25) is 0 Å². The predicted molar refractivity (Wildman–Crippen MR) is 45.0 cm³/mol. The monoisotopic (exact) mass is 220 g/mol. The topological polar surface area (TPSA) is 76.2 Å². The van der Waals surface area contributed by atoms with Crippen molar-refractivity contribution in [3.05, 3.63) is 23.5 Å². The lowest BCUT2D eigenvalue weighted by molar-refractivity contribution is -0.141. The highest BCUT2D eigenvalue weighted by atomic mass is 19.4. The number of aliphatic carboxylic acids is 1. The summed E-state index contributed by atoms with van der Waals surface area (Å²) in [6, 6.07) is 0.642. The number of pyridine rings is 1. The molecule has 0 fully saturated rings. The molecule has 3 N–H and O–H groups in total. The molecule has 15 heavy (non-hydrogen) atoms. The van der Waals surface area contributed by atoms with E-state index in [1.54, 1.807) is 0 Å². The van der Waals surface area contributed by atoms with Crippen molar-refractivity contribution >= 4 is 11.7 Å². The number of carboxylic acid groups (broad SMARTS) is 1. The van der Waals surface area contributed by atoms with Gasteiger partial charge in [-0.1, -0.05) is 0 Å². The number of rotatable bonds is 2. The number of aromatic nitrogens is 1. The number of anilines is 1. The molecular formula is C8H7F3N2O2. The van der Waals surface area contributed by atoms with Crippen LogP contribution >= 0.6 is 0 Å². The maximum Gasteiger partial charge on any atom is 0.433 e. The Morgan fingerprint density at radius 1 is 1.53 bits per heavy atom. The van der Waals surface area contributed by atoms with Gasteiger partial charge in [-0.15, -0.1) is 0 Å². The van der Waals surface area contributed by atoms with Crippen molar-refractivity contribution in [3.8, 4) is 0 Å². The van der Waals surface area contributed by atoms with Gasteiger partial charge in [-0.2, -0.15) is 13.2 Å². The highest BCUT2D eigenvalue weighted by molar-refractivity contribution is 5.72. The molecule has 0 aliphatic rings. The molecule has 0 atom stereocenters. The van der Waals surface area contributed by atoms with E-state index in [2.05, 4.69) is 4.98 Å². The number of carboxylic acids is 1. The molecule has 0 radical (unpaired) electrons. The van der Waals surface area contributed by atoms with Crippen molar-refractivity contribution in [2.75, 3.05) is 5.73 Å². The van der Waals surface area contributed by atoms with Crippen LogP contribution in [0.3, 0.4) is 0 Å². The van der Waals surface area contributed by atoms with E-state index in [0.717, 1.165) is 6.20 Å². The van der Waals surface area contributed by atoms with E-state index >= 15 is 0 Å². The van der Waals surface area contributed by atoms with Crippen molar-refractivity contribution in [3.63, 3.8) is 0 Å². The average molecular weight is 220 g/mol. The van der Waals surface area contributed by atoms with Crippen LogP contribution in [0, 0.1) is 0 Å². The molecule has 1 rings (SSSR count). The normalized spacial score (nSPS) is 11.4. The molecule has 0 bridgehead atoms. The van der Waals surface area contributed by atoms with E-state index in [4.69, 9.17) is 10.8 Å². The van der Waals surface area contributed by atoms with Gasteiger partial charge in [-0.3, -0.25) is 4.79 Å². The summed E-state index contributed by atoms with van der Waals surface area (Å²) < 4.78 is 36.6. The summed E-state index contributed by atoms with van der Waals surface area (Å²) in [5.41, 5.74) is 3.99. The Morgan fingerprint density at radius 2 is 2.13 bits per heavy atom. The van der Waals surface area contributed by atoms with Gasteiger partial charge in [0.15, 0.2) is 0 Å². The van der Waals surface area contributed by atoms with E-state index in [9.17, 15) is 18.0 Å². The molecule has 0 amide bonds. The van der Waals surface area contributed by atoms with Crippen LogP contribution in [0.25, 0.3) is 0 Å². The zero-order valence-electron chi connectivity index (χ0n) is 7.38. The zero-order chi connectivity index (χ0) is 11.6. The van der Waals surface area contributed by atoms with Gasteiger partial charge in [0, 0.05) is 0 Å². The van der Waals surface area contributed by atoms with Gasteiger partial charge in [0.1, 0.15) is 5.69 Å². The van der Waals surface area contributed by atoms with Crippen LogP contribution in [0.15, 0.2) is 12.3 Å². The van der Waals surface area contributed by atoms with Gasteiger partial charge in [0.25, 0.3) is 0 Å². The molecule has 1 aromatic rings. The van der Waals surface area contributed by atoms with Crippen molar-refractivity contribution in [1.82, 2.24) is 4.98 Å². The van der Waals surface area contributed by atoms with Gasteiger partial charge >= 0.3 is 12.1 Å². The second-order valence-corrected chi connectivity index (χ2v) is 2.84. The van der Waals surface area contributed by atoms with E-state index in [1.807, 2.05) is 0 Å². The highest BCUT2D eigenvalue weighted by Gasteiger charge is 2.32. The second kappa shape index (κ2) is 3.76. The lowest BCUT2D eigenvalue weighted by Crippen LogP contribution is -2.11. The molecule has 0 saturated heterocycles. The molecular weight excluding hydrogens is 213 g/mol. The quantitative estimate of drug-likeness (QED) is 0.787. The van der Waals surface area contributed by atoms with Crippen LogP contribution in [-0.4, -0.2) is 16.1 Å². The van der Waals surface area contributed by atoms with Crippen LogP contribution in [0.2, 0.25) is 0 Å². The predicted octanol–water partition coefficient (Wildman–Crippen LogP) is 1.31. The van der Waals surface area contributed by atoms with Gasteiger partial charge in [0.05, 0.1) is 18.3 Å². The summed E-state index contributed by atoms with van der Waals surface area (Å²) in [6.07, 6.45) is -4.35. The molecule has 0 spiro atoms. The number of nitrogen functional groups attached to an aromatic ring is 1. The molecule has 7 heteroatoms. The Hall–Kier alpha value is -1.79. The molecule has 1 heterocycles. The largest absolute Gasteiger partial charge is 0.481 e. The number of carbonyl (C=O) groups is 1. The lowest BCUT2D eigenvalue weighted by atomic mass is 10.1. The minimum Gasteiger partial charge on any atom is -0.481 e. The molecule has 0 aliphatic heterocycles. The summed E-state index contributed by atoms with van der Waals surface area (Å²) in [7, 11) is 0. The van der Waals surface area contributed by atoms with Crippen molar-refractivity contribution in [2.45, 2.75) is 12.6 Å². The number of halogens is 3. The molecule has 0 aliphatic carbocycles. The Bertz CT molecular complexity index is 390. The summed E-state index contributed by atoms with van der Waals surface area (Å²) in [5.74, 6) is -1.25. The molecule has 0 unspecified atom stereocenters. The van der Waals surface area contributed by atoms with Crippen LogP contribution in [0.5, 0.6) is 0 Å². The third kappa shape index (κ3) is 2.83. The van der Waals surface area contributed by atoms with Crippen LogP contribution in [0.4, 0.5) is 18.9 Å². The summed E-state index contributed by atoms with van der Waals surface area (Å²) in [5, 5.41) is 8.43. The Morgan fingerprint density at radius 3 is 2.60 bits per heavy atom. The lowest BCUT2D eigenvalue weighted by Gasteiger charge is -2.08. The Kier molecular flexibility index (Phi) is 2.83. The first kappa shape index (κ1) is 11.3. The fraction of sp³-hybridized carbons (Fsp3) is 0.250. The molecule has 82 valence electrons. The number of nitrogens with zero attached hydrogens (tertiary/aromatic N) is 1. The third-order valence-electron chi connectivity index (χ3n) is 1.66. The SMILES string of the molecule is Nc1cnc(C(F)(F)F)cc1CC(=O)O. The van der Waals surface area contributed by atoms with Crippen LogP contribution in [0.1, 0.15) is 11.3 Å².